The van der Waals surface area contributed by atoms with Gasteiger partial charge in [0.05, 0.1) is 0 Å². The molecule has 2 fully saturated rings. The SMILES string of the molecule is CC(C)N=c1ccccn1C(=O)CN1C(=O)NC2(CCCCC2C)C1=O. The molecule has 2 unspecified atom stereocenters. The lowest BCUT2D eigenvalue weighted by Gasteiger charge is -2.36. The second-order valence-electron chi connectivity index (χ2n) is 7.49. The Hall–Kier alpha value is -2.44. The minimum Gasteiger partial charge on any atom is -0.323 e. The van der Waals surface area contributed by atoms with Crippen molar-refractivity contribution in [3.8, 4) is 0 Å². The van der Waals surface area contributed by atoms with E-state index >= 15 is 0 Å². The van der Waals surface area contributed by atoms with E-state index in [-0.39, 0.29) is 30.3 Å². The highest BCUT2D eigenvalue weighted by atomic mass is 16.2. The molecule has 0 aromatic carbocycles. The van der Waals surface area contributed by atoms with Crippen LogP contribution in [-0.2, 0) is 4.79 Å². The van der Waals surface area contributed by atoms with E-state index in [2.05, 4.69) is 10.3 Å². The predicted molar refractivity (Wildman–Crippen MR) is 96.4 cm³/mol. The van der Waals surface area contributed by atoms with E-state index in [1.165, 1.54) is 4.57 Å². The first-order chi connectivity index (χ1) is 12.3. The van der Waals surface area contributed by atoms with Crippen LogP contribution in [0.3, 0.4) is 0 Å². The van der Waals surface area contributed by atoms with Crippen molar-refractivity contribution in [2.45, 2.75) is 58.0 Å². The van der Waals surface area contributed by atoms with Gasteiger partial charge in [0.25, 0.3) is 11.8 Å². The lowest BCUT2D eigenvalue weighted by atomic mass is 9.73. The summed E-state index contributed by atoms with van der Waals surface area (Å²) in [7, 11) is 0. The molecule has 26 heavy (non-hydrogen) atoms. The minimum absolute atomic E-state index is 0.0273. The average molecular weight is 358 g/mol. The summed E-state index contributed by atoms with van der Waals surface area (Å²) >= 11 is 0. The monoisotopic (exact) mass is 358 g/mol. The molecule has 2 atom stereocenters. The third-order valence-electron chi connectivity index (χ3n) is 5.29. The Morgan fingerprint density at radius 2 is 2.12 bits per heavy atom. The Morgan fingerprint density at radius 1 is 1.35 bits per heavy atom. The van der Waals surface area contributed by atoms with E-state index in [1.54, 1.807) is 24.4 Å². The molecule has 3 rings (SSSR count). The quantitative estimate of drug-likeness (QED) is 0.838. The van der Waals surface area contributed by atoms with E-state index in [0.29, 0.717) is 11.9 Å². The zero-order chi connectivity index (χ0) is 18.9. The lowest BCUT2D eigenvalue weighted by molar-refractivity contribution is -0.134. The van der Waals surface area contributed by atoms with Gasteiger partial charge >= 0.3 is 6.03 Å². The maximum atomic E-state index is 13.0. The zero-order valence-corrected chi connectivity index (χ0v) is 15.6. The number of hydrogen-bond acceptors (Lipinski definition) is 4. The third-order valence-corrected chi connectivity index (χ3v) is 5.29. The van der Waals surface area contributed by atoms with Gasteiger partial charge in [-0.1, -0.05) is 25.8 Å². The minimum atomic E-state index is -0.845. The van der Waals surface area contributed by atoms with Gasteiger partial charge in [0.15, 0.2) is 0 Å². The Balaban J connectivity index is 1.85. The smallest absolute Gasteiger partial charge is 0.323 e. The van der Waals surface area contributed by atoms with Crippen LogP contribution in [0.25, 0.3) is 0 Å². The average Bonchev–Trinajstić information content (AvgIpc) is 2.82. The topological polar surface area (TPSA) is 83.8 Å². The van der Waals surface area contributed by atoms with Gasteiger partial charge in [-0.05, 0) is 44.7 Å². The second-order valence-corrected chi connectivity index (χ2v) is 7.49. The number of hydrogen-bond donors (Lipinski definition) is 1. The number of amides is 3. The summed E-state index contributed by atoms with van der Waals surface area (Å²) in [4.78, 5) is 43.7. The summed E-state index contributed by atoms with van der Waals surface area (Å²) < 4.78 is 1.40. The molecule has 1 aliphatic carbocycles. The fraction of sp³-hybridized carbons (Fsp3) is 0.579. The van der Waals surface area contributed by atoms with E-state index in [4.69, 9.17) is 0 Å². The fourth-order valence-electron chi connectivity index (χ4n) is 3.87. The number of urea groups is 1. The maximum absolute atomic E-state index is 13.0. The molecule has 1 spiro atoms. The number of rotatable bonds is 3. The highest BCUT2D eigenvalue weighted by Crippen LogP contribution is 2.38. The summed E-state index contributed by atoms with van der Waals surface area (Å²) in [6.07, 6.45) is 5.11. The van der Waals surface area contributed by atoms with Crippen molar-refractivity contribution < 1.29 is 14.4 Å². The summed E-state index contributed by atoms with van der Waals surface area (Å²) in [5, 5.41) is 2.88. The van der Waals surface area contributed by atoms with Crippen LogP contribution in [0.5, 0.6) is 0 Å². The standard InChI is InChI=1S/C19H26N4O3/c1-13(2)20-15-9-5-7-11-22(15)16(24)12-23-17(25)19(21-18(23)26)10-6-4-8-14(19)3/h5,7,9,11,13-14H,4,6,8,10,12H2,1-3H3,(H,21,26). The first-order valence-electron chi connectivity index (χ1n) is 9.24. The Morgan fingerprint density at radius 3 is 2.81 bits per heavy atom. The number of pyridine rings is 1. The molecular weight excluding hydrogens is 332 g/mol. The van der Waals surface area contributed by atoms with E-state index in [9.17, 15) is 14.4 Å². The largest absolute Gasteiger partial charge is 0.325 e. The van der Waals surface area contributed by atoms with Crippen molar-refractivity contribution in [3.05, 3.63) is 29.9 Å². The molecule has 1 saturated heterocycles. The predicted octanol–water partition coefficient (Wildman–Crippen LogP) is 1.94. The molecule has 2 aliphatic rings. The van der Waals surface area contributed by atoms with E-state index < -0.39 is 11.6 Å². The molecule has 0 bridgehead atoms. The molecule has 0 radical (unpaired) electrons. The molecule has 2 heterocycles. The van der Waals surface area contributed by atoms with Crippen molar-refractivity contribution >= 4 is 17.8 Å². The molecule has 7 nitrogen and oxygen atoms in total. The lowest BCUT2D eigenvalue weighted by Crippen LogP contribution is -2.54. The summed E-state index contributed by atoms with van der Waals surface area (Å²) in [6.45, 7) is 5.56. The van der Waals surface area contributed by atoms with Crippen molar-refractivity contribution in [1.82, 2.24) is 14.8 Å². The van der Waals surface area contributed by atoms with Crippen LogP contribution in [0.1, 0.15) is 51.2 Å². The molecule has 1 N–H and O–H groups in total. The first-order valence-corrected chi connectivity index (χ1v) is 9.24. The molecule has 1 saturated carbocycles. The van der Waals surface area contributed by atoms with Gasteiger partial charge in [-0.3, -0.25) is 24.0 Å². The van der Waals surface area contributed by atoms with Crippen molar-refractivity contribution in [2.24, 2.45) is 10.9 Å². The Kier molecular flexibility index (Phi) is 4.98. The van der Waals surface area contributed by atoms with Gasteiger partial charge in [-0.2, -0.15) is 0 Å². The van der Waals surface area contributed by atoms with Gasteiger partial charge in [-0.25, -0.2) is 4.79 Å². The van der Waals surface area contributed by atoms with Gasteiger partial charge in [0, 0.05) is 12.2 Å². The number of carbonyl (C=O) groups excluding carboxylic acids is 3. The first kappa shape index (κ1) is 18.4. The number of aromatic nitrogens is 1. The maximum Gasteiger partial charge on any atom is 0.325 e. The van der Waals surface area contributed by atoms with Crippen LogP contribution in [0.2, 0.25) is 0 Å². The molecule has 1 aliphatic heterocycles. The van der Waals surface area contributed by atoms with Gasteiger partial charge < -0.3 is 5.32 Å². The second kappa shape index (κ2) is 7.05. The van der Waals surface area contributed by atoms with Gasteiger partial charge in [-0.15, -0.1) is 0 Å². The number of nitrogens with one attached hydrogen (secondary N) is 1. The molecule has 7 heteroatoms. The van der Waals surface area contributed by atoms with Crippen LogP contribution in [0.4, 0.5) is 4.79 Å². The van der Waals surface area contributed by atoms with Crippen LogP contribution in [0.15, 0.2) is 29.4 Å². The number of imide groups is 1. The fourth-order valence-corrected chi connectivity index (χ4v) is 3.87. The van der Waals surface area contributed by atoms with Crippen molar-refractivity contribution in [2.75, 3.05) is 6.54 Å². The van der Waals surface area contributed by atoms with Crippen LogP contribution in [-0.4, -0.2) is 45.4 Å². The normalized spacial score (nSPS) is 26.7. The van der Waals surface area contributed by atoms with Gasteiger partial charge in [0.1, 0.15) is 17.6 Å². The summed E-state index contributed by atoms with van der Waals surface area (Å²) in [5.74, 6) is -0.556. The van der Waals surface area contributed by atoms with Crippen LogP contribution < -0.4 is 10.8 Å². The Bertz CT molecular complexity index is 798. The molecule has 1 aromatic rings. The molecular formula is C19H26N4O3. The van der Waals surface area contributed by atoms with Crippen molar-refractivity contribution in [1.29, 1.82) is 0 Å². The zero-order valence-electron chi connectivity index (χ0n) is 15.6. The highest BCUT2D eigenvalue weighted by Gasteiger charge is 2.55. The van der Waals surface area contributed by atoms with E-state index in [0.717, 1.165) is 24.2 Å². The summed E-state index contributed by atoms with van der Waals surface area (Å²) in [6, 6.07) is 4.83. The molecule has 3 amide bonds. The third kappa shape index (κ3) is 3.18. The highest BCUT2D eigenvalue weighted by molar-refractivity contribution is 6.09. The number of nitrogens with zero attached hydrogens (tertiary/aromatic N) is 3. The van der Waals surface area contributed by atoms with Crippen LogP contribution >= 0.6 is 0 Å². The molecule has 1 aromatic heterocycles. The van der Waals surface area contributed by atoms with E-state index in [1.807, 2.05) is 20.8 Å². The number of carbonyl (C=O) groups is 3. The van der Waals surface area contributed by atoms with Gasteiger partial charge in [0.2, 0.25) is 0 Å². The molecule has 140 valence electrons. The Labute approximate surface area is 153 Å². The van der Waals surface area contributed by atoms with Crippen LogP contribution in [0, 0.1) is 5.92 Å². The van der Waals surface area contributed by atoms with Crippen molar-refractivity contribution in [3.63, 3.8) is 0 Å². The summed E-state index contributed by atoms with van der Waals surface area (Å²) in [5.41, 5.74) is -0.331.